The molecular weight excluding hydrogens is 348 g/mol. The maximum Gasteiger partial charge on any atom is 0.146 e. The molecule has 1 aliphatic heterocycles. The molecule has 1 saturated heterocycles. The van der Waals surface area contributed by atoms with Gasteiger partial charge in [-0.3, -0.25) is 0 Å². The van der Waals surface area contributed by atoms with Gasteiger partial charge in [0.15, 0.2) is 0 Å². The molecule has 1 aromatic heterocycles. The number of hydrogen-bond donors (Lipinski definition) is 1. The zero-order valence-corrected chi connectivity index (χ0v) is 14.6. The van der Waals surface area contributed by atoms with Crippen LogP contribution in [0.4, 0.5) is 31.8 Å². The minimum atomic E-state index is -0.328. The molecule has 0 aliphatic carbocycles. The lowest BCUT2D eigenvalue weighted by atomic mass is 10.2. The van der Waals surface area contributed by atoms with E-state index in [1.54, 1.807) is 30.3 Å². The van der Waals surface area contributed by atoms with Crippen LogP contribution in [0.25, 0.3) is 0 Å². The van der Waals surface area contributed by atoms with Crippen molar-refractivity contribution in [3.63, 3.8) is 0 Å². The summed E-state index contributed by atoms with van der Waals surface area (Å²) in [6.45, 7) is 3.19. The van der Waals surface area contributed by atoms with Crippen molar-refractivity contribution in [3.05, 3.63) is 72.6 Å². The summed E-state index contributed by atoms with van der Waals surface area (Å²) < 4.78 is 26.9. The molecular formula is C20H19F2N5. The van der Waals surface area contributed by atoms with Crippen LogP contribution < -0.4 is 15.1 Å². The van der Waals surface area contributed by atoms with E-state index < -0.39 is 0 Å². The number of hydrogen-bond acceptors (Lipinski definition) is 5. The van der Waals surface area contributed by atoms with Crippen LogP contribution >= 0.6 is 0 Å². The van der Waals surface area contributed by atoms with Crippen LogP contribution in [0.1, 0.15) is 0 Å². The molecule has 5 nitrogen and oxygen atoms in total. The van der Waals surface area contributed by atoms with Gasteiger partial charge in [0.2, 0.25) is 0 Å². The van der Waals surface area contributed by atoms with Crippen molar-refractivity contribution in [2.45, 2.75) is 0 Å². The van der Waals surface area contributed by atoms with Crippen molar-refractivity contribution in [1.82, 2.24) is 9.97 Å². The average molecular weight is 367 g/mol. The lowest BCUT2D eigenvalue weighted by Crippen LogP contribution is -2.46. The molecule has 0 saturated carbocycles. The first kappa shape index (κ1) is 17.2. The van der Waals surface area contributed by atoms with Gasteiger partial charge < -0.3 is 15.1 Å². The molecule has 0 amide bonds. The zero-order chi connectivity index (χ0) is 18.6. The van der Waals surface area contributed by atoms with E-state index in [9.17, 15) is 8.78 Å². The average Bonchev–Trinajstić information content (AvgIpc) is 2.71. The standard InChI is InChI=1S/C20H19F2N5/c21-15-5-7-16(8-6-15)26-9-11-27(12-10-26)20-13-19(23-14-24-20)25-18-4-2-1-3-17(18)22/h1-8,13-14H,9-12H2,(H,23,24,25). The Morgan fingerprint density at radius 3 is 2.26 bits per heavy atom. The zero-order valence-electron chi connectivity index (χ0n) is 14.6. The Kier molecular flexibility index (Phi) is 4.82. The predicted octanol–water partition coefficient (Wildman–Crippen LogP) is 3.83. The molecule has 1 aliphatic rings. The van der Waals surface area contributed by atoms with Crippen LogP contribution in [-0.4, -0.2) is 36.1 Å². The third kappa shape index (κ3) is 3.97. The van der Waals surface area contributed by atoms with E-state index in [1.807, 2.05) is 6.07 Å². The minimum absolute atomic E-state index is 0.228. The first-order valence-corrected chi connectivity index (χ1v) is 8.78. The summed E-state index contributed by atoms with van der Waals surface area (Å²) in [7, 11) is 0. The van der Waals surface area contributed by atoms with E-state index in [0.29, 0.717) is 11.5 Å². The van der Waals surface area contributed by atoms with Crippen molar-refractivity contribution < 1.29 is 8.78 Å². The van der Waals surface area contributed by atoms with E-state index in [2.05, 4.69) is 25.1 Å². The maximum absolute atomic E-state index is 13.8. The van der Waals surface area contributed by atoms with Crippen LogP contribution in [0.5, 0.6) is 0 Å². The SMILES string of the molecule is Fc1ccc(N2CCN(c3cc(Nc4ccccc4F)ncn3)CC2)cc1. The number of benzene rings is 2. The second kappa shape index (κ2) is 7.57. The Balaban J connectivity index is 1.43. The fraction of sp³-hybridized carbons (Fsp3) is 0.200. The fourth-order valence-corrected chi connectivity index (χ4v) is 3.13. The summed E-state index contributed by atoms with van der Waals surface area (Å²) in [5, 5.41) is 2.99. The van der Waals surface area contributed by atoms with Crippen molar-refractivity contribution in [2.24, 2.45) is 0 Å². The highest BCUT2D eigenvalue weighted by Crippen LogP contribution is 2.23. The summed E-state index contributed by atoms with van der Waals surface area (Å²) in [6.07, 6.45) is 1.48. The summed E-state index contributed by atoms with van der Waals surface area (Å²) in [5.41, 5.74) is 1.39. The smallest absolute Gasteiger partial charge is 0.146 e. The number of aromatic nitrogens is 2. The van der Waals surface area contributed by atoms with Crippen molar-refractivity contribution in [1.29, 1.82) is 0 Å². The molecule has 0 spiro atoms. The van der Waals surface area contributed by atoms with Gasteiger partial charge in [-0.05, 0) is 36.4 Å². The van der Waals surface area contributed by atoms with Crippen molar-refractivity contribution in [3.8, 4) is 0 Å². The van der Waals surface area contributed by atoms with Gasteiger partial charge in [0.1, 0.15) is 29.6 Å². The molecule has 0 radical (unpaired) electrons. The van der Waals surface area contributed by atoms with E-state index in [4.69, 9.17) is 0 Å². The quantitative estimate of drug-likeness (QED) is 0.759. The highest BCUT2D eigenvalue weighted by Gasteiger charge is 2.19. The van der Waals surface area contributed by atoms with Crippen LogP contribution in [0.2, 0.25) is 0 Å². The Bertz CT molecular complexity index is 908. The third-order valence-electron chi connectivity index (χ3n) is 4.58. The molecule has 1 N–H and O–H groups in total. The molecule has 27 heavy (non-hydrogen) atoms. The van der Waals surface area contributed by atoms with Gasteiger partial charge in [0.25, 0.3) is 0 Å². The number of para-hydroxylation sites is 1. The van der Waals surface area contributed by atoms with Gasteiger partial charge >= 0.3 is 0 Å². The molecule has 0 bridgehead atoms. The predicted molar refractivity (Wildman–Crippen MR) is 103 cm³/mol. The van der Waals surface area contributed by atoms with E-state index in [-0.39, 0.29) is 11.6 Å². The number of halogens is 2. The Morgan fingerprint density at radius 1 is 0.815 bits per heavy atom. The largest absolute Gasteiger partial charge is 0.368 e. The number of nitrogens with zero attached hydrogens (tertiary/aromatic N) is 4. The van der Waals surface area contributed by atoms with Crippen molar-refractivity contribution >= 4 is 23.0 Å². The minimum Gasteiger partial charge on any atom is -0.368 e. The summed E-state index contributed by atoms with van der Waals surface area (Å²) in [6, 6.07) is 14.9. The van der Waals surface area contributed by atoms with Crippen molar-refractivity contribution in [2.75, 3.05) is 41.3 Å². The van der Waals surface area contributed by atoms with Gasteiger partial charge in [0, 0.05) is 37.9 Å². The van der Waals surface area contributed by atoms with Gasteiger partial charge in [-0.1, -0.05) is 12.1 Å². The van der Waals surface area contributed by atoms with Crippen LogP contribution in [-0.2, 0) is 0 Å². The number of piperazine rings is 1. The molecule has 2 heterocycles. The summed E-state index contributed by atoms with van der Waals surface area (Å²) >= 11 is 0. The number of anilines is 4. The second-order valence-electron chi connectivity index (χ2n) is 6.32. The Morgan fingerprint density at radius 2 is 1.52 bits per heavy atom. The van der Waals surface area contributed by atoms with Gasteiger partial charge in [0.05, 0.1) is 5.69 Å². The third-order valence-corrected chi connectivity index (χ3v) is 4.58. The van der Waals surface area contributed by atoms with Gasteiger partial charge in [-0.15, -0.1) is 0 Å². The Labute approximate surface area is 156 Å². The van der Waals surface area contributed by atoms with E-state index in [1.165, 1.54) is 24.5 Å². The highest BCUT2D eigenvalue weighted by molar-refractivity contribution is 5.60. The molecule has 4 rings (SSSR count). The molecule has 1 fully saturated rings. The summed E-state index contributed by atoms with van der Waals surface area (Å²) in [5.74, 6) is 0.785. The normalized spacial score (nSPS) is 14.3. The van der Waals surface area contributed by atoms with Crippen LogP contribution in [0, 0.1) is 11.6 Å². The van der Waals surface area contributed by atoms with E-state index in [0.717, 1.165) is 37.7 Å². The molecule has 7 heteroatoms. The molecule has 0 atom stereocenters. The topological polar surface area (TPSA) is 44.3 Å². The maximum atomic E-state index is 13.8. The molecule has 0 unspecified atom stereocenters. The van der Waals surface area contributed by atoms with Crippen LogP contribution in [0.15, 0.2) is 60.9 Å². The first-order valence-electron chi connectivity index (χ1n) is 8.78. The van der Waals surface area contributed by atoms with Crippen LogP contribution in [0.3, 0.4) is 0 Å². The van der Waals surface area contributed by atoms with Gasteiger partial charge in [-0.25, -0.2) is 18.7 Å². The molecule has 138 valence electrons. The molecule has 3 aromatic rings. The fourth-order valence-electron chi connectivity index (χ4n) is 3.13. The highest BCUT2D eigenvalue weighted by atomic mass is 19.1. The second-order valence-corrected chi connectivity index (χ2v) is 6.32. The lowest BCUT2D eigenvalue weighted by Gasteiger charge is -2.36. The number of nitrogens with one attached hydrogen (secondary N) is 1. The summed E-state index contributed by atoms with van der Waals surface area (Å²) in [4.78, 5) is 12.9. The lowest BCUT2D eigenvalue weighted by molar-refractivity contribution is 0.624. The first-order chi connectivity index (χ1) is 13.2. The van der Waals surface area contributed by atoms with E-state index >= 15 is 0 Å². The van der Waals surface area contributed by atoms with Gasteiger partial charge in [-0.2, -0.15) is 0 Å². The Hall–Kier alpha value is -3.22. The molecule has 2 aromatic carbocycles. The monoisotopic (exact) mass is 367 g/mol. The number of rotatable bonds is 4.